The SMILES string of the molecule is CSc1ncccc1C(=O)NCCn1ncc2c(=O)n(Cc3ccc(F)cc3)cnc21. The zero-order chi connectivity index (χ0) is 21.8. The second-order valence-electron chi connectivity index (χ2n) is 6.73. The van der Waals surface area contributed by atoms with E-state index in [9.17, 15) is 14.0 Å². The molecule has 0 bridgehead atoms. The molecule has 0 aliphatic heterocycles. The van der Waals surface area contributed by atoms with Gasteiger partial charge in [-0.25, -0.2) is 19.0 Å². The lowest BCUT2D eigenvalue weighted by Crippen LogP contribution is -2.28. The summed E-state index contributed by atoms with van der Waals surface area (Å²) in [7, 11) is 0. The molecule has 158 valence electrons. The minimum atomic E-state index is -0.328. The van der Waals surface area contributed by atoms with Gasteiger partial charge >= 0.3 is 0 Å². The summed E-state index contributed by atoms with van der Waals surface area (Å²) < 4.78 is 16.1. The molecule has 0 saturated heterocycles. The van der Waals surface area contributed by atoms with Crippen LogP contribution in [0, 0.1) is 5.82 Å². The van der Waals surface area contributed by atoms with E-state index in [0.29, 0.717) is 34.7 Å². The van der Waals surface area contributed by atoms with Crippen molar-refractivity contribution in [2.75, 3.05) is 12.8 Å². The molecule has 0 unspecified atom stereocenters. The topological polar surface area (TPSA) is 94.7 Å². The summed E-state index contributed by atoms with van der Waals surface area (Å²) >= 11 is 1.41. The van der Waals surface area contributed by atoms with Crippen LogP contribution in [0.3, 0.4) is 0 Å². The summed E-state index contributed by atoms with van der Waals surface area (Å²) in [6, 6.07) is 9.41. The largest absolute Gasteiger partial charge is 0.350 e. The number of hydrogen-bond donors (Lipinski definition) is 1. The standard InChI is InChI=1S/C21H19FN6O2S/c1-31-20-16(3-2-8-24-20)19(29)23-9-10-28-18-17(11-26-28)21(30)27(13-25-18)12-14-4-6-15(22)7-5-14/h2-8,11,13H,9-10,12H2,1H3,(H,23,29). The quantitative estimate of drug-likeness (QED) is 0.445. The Morgan fingerprint density at radius 2 is 2.00 bits per heavy atom. The highest BCUT2D eigenvalue weighted by molar-refractivity contribution is 7.98. The maximum atomic E-state index is 13.1. The number of thioether (sulfide) groups is 1. The molecule has 3 aromatic heterocycles. The molecule has 0 saturated carbocycles. The molecule has 4 aromatic rings. The molecule has 0 atom stereocenters. The van der Waals surface area contributed by atoms with Crippen molar-refractivity contribution >= 4 is 28.7 Å². The Kier molecular flexibility index (Phi) is 6.08. The van der Waals surface area contributed by atoms with Crippen LogP contribution < -0.4 is 10.9 Å². The fourth-order valence-corrected chi connectivity index (χ4v) is 3.70. The van der Waals surface area contributed by atoms with Crippen molar-refractivity contribution in [1.29, 1.82) is 0 Å². The van der Waals surface area contributed by atoms with Gasteiger partial charge in [-0.1, -0.05) is 12.1 Å². The van der Waals surface area contributed by atoms with Gasteiger partial charge in [0.05, 0.1) is 24.8 Å². The number of rotatable bonds is 7. The smallest absolute Gasteiger partial charge is 0.264 e. The number of benzene rings is 1. The normalized spacial score (nSPS) is 11.0. The van der Waals surface area contributed by atoms with Crippen molar-refractivity contribution in [2.24, 2.45) is 0 Å². The van der Waals surface area contributed by atoms with Crippen molar-refractivity contribution in [1.82, 2.24) is 29.6 Å². The Labute approximate surface area is 181 Å². The summed E-state index contributed by atoms with van der Waals surface area (Å²) in [5, 5.41) is 8.13. The zero-order valence-corrected chi connectivity index (χ0v) is 17.5. The Morgan fingerprint density at radius 1 is 1.19 bits per heavy atom. The minimum Gasteiger partial charge on any atom is -0.350 e. The van der Waals surface area contributed by atoms with E-state index in [2.05, 4.69) is 20.4 Å². The Hall–Kier alpha value is -3.53. The Morgan fingerprint density at radius 3 is 2.77 bits per heavy atom. The minimum absolute atomic E-state index is 0.219. The van der Waals surface area contributed by atoms with E-state index in [4.69, 9.17) is 0 Å². The van der Waals surface area contributed by atoms with Gasteiger partial charge in [0, 0.05) is 12.7 Å². The predicted octanol–water partition coefficient (Wildman–Crippen LogP) is 2.33. The Bertz CT molecular complexity index is 1290. The van der Waals surface area contributed by atoms with Gasteiger partial charge in [-0.05, 0) is 36.1 Å². The second-order valence-corrected chi connectivity index (χ2v) is 7.52. The first-order valence-electron chi connectivity index (χ1n) is 9.49. The fourth-order valence-electron chi connectivity index (χ4n) is 3.16. The molecule has 31 heavy (non-hydrogen) atoms. The average molecular weight is 438 g/mol. The number of fused-ring (bicyclic) bond motifs is 1. The zero-order valence-electron chi connectivity index (χ0n) is 16.7. The lowest BCUT2D eigenvalue weighted by Gasteiger charge is -2.09. The fraction of sp³-hybridized carbons (Fsp3) is 0.190. The summed E-state index contributed by atoms with van der Waals surface area (Å²) in [5.74, 6) is -0.547. The van der Waals surface area contributed by atoms with Crippen LogP contribution in [0.15, 0.2) is 64.9 Å². The molecule has 3 heterocycles. The van der Waals surface area contributed by atoms with E-state index >= 15 is 0 Å². The molecule has 1 amide bonds. The van der Waals surface area contributed by atoms with Crippen LogP contribution in [0.4, 0.5) is 4.39 Å². The molecule has 4 rings (SSSR count). The monoisotopic (exact) mass is 438 g/mol. The van der Waals surface area contributed by atoms with Crippen molar-refractivity contribution in [3.05, 3.63) is 82.4 Å². The third-order valence-electron chi connectivity index (χ3n) is 4.71. The molecule has 1 N–H and O–H groups in total. The molecular formula is C21H19FN6O2S. The van der Waals surface area contributed by atoms with Gasteiger partial charge in [0.15, 0.2) is 5.65 Å². The number of carbonyl (C=O) groups excluding carboxylic acids is 1. The number of pyridine rings is 1. The maximum absolute atomic E-state index is 13.1. The summed E-state index contributed by atoms with van der Waals surface area (Å²) in [5.41, 5.74) is 1.52. The van der Waals surface area contributed by atoms with Crippen molar-refractivity contribution in [2.45, 2.75) is 18.1 Å². The molecule has 1 aromatic carbocycles. The first-order chi connectivity index (χ1) is 15.1. The summed E-state index contributed by atoms with van der Waals surface area (Å²) in [6.07, 6.45) is 6.43. The van der Waals surface area contributed by atoms with E-state index in [1.807, 2.05) is 6.26 Å². The van der Waals surface area contributed by atoms with Crippen LogP contribution >= 0.6 is 11.8 Å². The average Bonchev–Trinajstić information content (AvgIpc) is 3.20. The molecule has 8 nitrogen and oxygen atoms in total. The number of carbonyl (C=O) groups is 1. The van der Waals surface area contributed by atoms with E-state index in [1.54, 1.807) is 35.1 Å². The van der Waals surface area contributed by atoms with Crippen LogP contribution in [0.2, 0.25) is 0 Å². The maximum Gasteiger partial charge on any atom is 0.264 e. The van der Waals surface area contributed by atoms with Gasteiger partial charge < -0.3 is 5.32 Å². The molecule has 0 radical (unpaired) electrons. The van der Waals surface area contributed by atoms with Crippen LogP contribution in [0.25, 0.3) is 11.0 Å². The summed E-state index contributed by atoms with van der Waals surface area (Å²) in [6.45, 7) is 0.962. The third kappa shape index (κ3) is 4.48. The number of halogens is 1. The van der Waals surface area contributed by atoms with E-state index in [-0.39, 0.29) is 23.8 Å². The highest BCUT2D eigenvalue weighted by atomic mass is 32.2. The Balaban J connectivity index is 1.45. The molecule has 10 heteroatoms. The number of nitrogens with zero attached hydrogens (tertiary/aromatic N) is 5. The van der Waals surface area contributed by atoms with Crippen molar-refractivity contribution < 1.29 is 9.18 Å². The third-order valence-corrected chi connectivity index (χ3v) is 5.42. The number of nitrogens with one attached hydrogen (secondary N) is 1. The van der Waals surface area contributed by atoms with E-state index in [1.165, 1.54) is 41.0 Å². The molecule has 0 fully saturated rings. The predicted molar refractivity (Wildman–Crippen MR) is 116 cm³/mol. The van der Waals surface area contributed by atoms with Gasteiger partial charge in [0.25, 0.3) is 11.5 Å². The van der Waals surface area contributed by atoms with Crippen molar-refractivity contribution in [3.8, 4) is 0 Å². The lowest BCUT2D eigenvalue weighted by atomic mass is 10.2. The first kappa shape index (κ1) is 20.7. The second kappa shape index (κ2) is 9.09. The van der Waals surface area contributed by atoms with Gasteiger partial charge in [-0.2, -0.15) is 5.10 Å². The van der Waals surface area contributed by atoms with E-state index < -0.39 is 0 Å². The highest BCUT2D eigenvalue weighted by Gasteiger charge is 2.13. The number of hydrogen-bond acceptors (Lipinski definition) is 6. The van der Waals surface area contributed by atoms with Crippen molar-refractivity contribution in [3.63, 3.8) is 0 Å². The number of amides is 1. The van der Waals surface area contributed by atoms with Gasteiger partial charge in [0.2, 0.25) is 0 Å². The van der Waals surface area contributed by atoms with Gasteiger partial charge in [-0.3, -0.25) is 14.2 Å². The number of aromatic nitrogens is 5. The molecular weight excluding hydrogens is 419 g/mol. The van der Waals surface area contributed by atoms with Crippen LogP contribution in [-0.2, 0) is 13.1 Å². The molecule has 0 aliphatic rings. The van der Waals surface area contributed by atoms with E-state index in [0.717, 1.165) is 5.56 Å². The molecule has 0 spiro atoms. The first-order valence-corrected chi connectivity index (χ1v) is 10.7. The highest BCUT2D eigenvalue weighted by Crippen LogP contribution is 2.16. The van der Waals surface area contributed by atoms with Crippen LogP contribution in [0.5, 0.6) is 0 Å². The molecule has 0 aliphatic carbocycles. The lowest BCUT2D eigenvalue weighted by molar-refractivity contribution is 0.0948. The van der Waals surface area contributed by atoms with Crippen LogP contribution in [-0.4, -0.2) is 43.0 Å². The van der Waals surface area contributed by atoms with Gasteiger partial charge in [-0.15, -0.1) is 11.8 Å². The summed E-state index contributed by atoms with van der Waals surface area (Å²) in [4.78, 5) is 33.7. The van der Waals surface area contributed by atoms with Gasteiger partial charge in [0.1, 0.15) is 22.6 Å². The van der Waals surface area contributed by atoms with Crippen LogP contribution in [0.1, 0.15) is 15.9 Å².